The normalized spacial score (nSPS) is 20.7. The van der Waals surface area contributed by atoms with Crippen LogP contribution in [0.15, 0.2) is 0 Å². The molecule has 0 aliphatic heterocycles. The number of carbonyl (C=O) groups is 4. The minimum Gasteiger partial charge on any atom is -0.779 e. The first-order chi connectivity index (χ1) is 18.1. The van der Waals surface area contributed by atoms with Gasteiger partial charge in [-0.25, -0.2) is 4.79 Å². The molecule has 0 aromatic rings. The van der Waals surface area contributed by atoms with Crippen LogP contribution in [0.3, 0.4) is 0 Å². The van der Waals surface area contributed by atoms with Crippen LogP contribution in [-0.4, -0.2) is 118 Å². The summed E-state index contributed by atoms with van der Waals surface area (Å²) in [6.45, 7) is 3.41. The number of esters is 1. The molecule has 1 aliphatic carbocycles. The van der Waals surface area contributed by atoms with Gasteiger partial charge in [0.15, 0.2) is 19.6 Å². The molecule has 16 nitrogen and oxygen atoms in total. The lowest BCUT2D eigenvalue weighted by Crippen LogP contribution is -2.50. The highest BCUT2D eigenvalue weighted by molar-refractivity contribution is 7.57. The van der Waals surface area contributed by atoms with E-state index in [0.29, 0.717) is 25.7 Å². The van der Waals surface area contributed by atoms with Crippen molar-refractivity contribution in [2.24, 2.45) is 0 Å². The first-order valence-corrected chi connectivity index (χ1v) is 16.7. The second kappa shape index (κ2) is 17.0. The number of nitrogens with one attached hydrogen (secondary N) is 3. The molecule has 0 aromatic carbocycles. The van der Waals surface area contributed by atoms with Gasteiger partial charge < -0.3 is 54.1 Å². The summed E-state index contributed by atoms with van der Waals surface area (Å²) in [4.78, 5) is 58.9. The van der Waals surface area contributed by atoms with Crippen LogP contribution in [0.25, 0.3) is 0 Å². The van der Waals surface area contributed by atoms with Crippen LogP contribution in [0.2, 0.25) is 0 Å². The minimum atomic E-state index is -3.86. The average molecular weight is 602 g/mol. The van der Waals surface area contributed by atoms with E-state index in [0.717, 1.165) is 6.66 Å². The zero-order valence-corrected chi connectivity index (χ0v) is 23.9. The van der Waals surface area contributed by atoms with Crippen LogP contribution in [0, 0.1) is 0 Å². The summed E-state index contributed by atoms with van der Waals surface area (Å²) in [6.07, 6.45) is -3.04. The van der Waals surface area contributed by atoms with Gasteiger partial charge in [-0.3, -0.25) is 18.9 Å². The summed E-state index contributed by atoms with van der Waals surface area (Å²) >= 11 is 0. The van der Waals surface area contributed by atoms with Crippen molar-refractivity contribution in [3.63, 3.8) is 0 Å². The Morgan fingerprint density at radius 2 is 1.41 bits per heavy atom. The second-order valence-corrected chi connectivity index (χ2v) is 13.6. The van der Waals surface area contributed by atoms with E-state index in [-0.39, 0.29) is 39.0 Å². The van der Waals surface area contributed by atoms with Crippen molar-refractivity contribution in [1.82, 2.24) is 16.0 Å². The average Bonchev–Trinajstić information content (AvgIpc) is 2.84. The third-order valence-corrected chi connectivity index (χ3v) is 6.67. The molecule has 0 heterocycles. The third kappa shape index (κ3) is 16.1. The van der Waals surface area contributed by atoms with Gasteiger partial charge >= 0.3 is 11.9 Å². The van der Waals surface area contributed by atoms with Gasteiger partial charge in [-0.15, -0.1) is 0 Å². The van der Waals surface area contributed by atoms with Gasteiger partial charge in [0.05, 0.1) is 32.5 Å². The topological polar surface area (TPSA) is 239 Å². The standard InChI is InChI=1S/C21H39N3O13P2/c1-38(2,31)36-13-12-34-10-8-22-18(27)16(25)17(26)19(28)23-9-11-35-21(30)20(29)24-14-4-6-15(7-5-14)37-39(3,32)33/h14-17,25-26H,4-13H2,1-3H3,(H,22,27)(H,23,28)(H,24,29)(H,32,33)/p-1/t14?,15?,16-,17+/m1/s1. The van der Waals surface area contributed by atoms with Crippen LogP contribution in [0.1, 0.15) is 25.7 Å². The SMILES string of the molecule is CP(C)(=O)OCCOCCNC(=O)[C@H](O)[C@H](O)C(=O)NCCOC(=O)C(=O)NC1CCC(OP(C)(=O)[O-])CC1. The van der Waals surface area contributed by atoms with Crippen LogP contribution >= 0.6 is 15.0 Å². The molecule has 39 heavy (non-hydrogen) atoms. The summed E-state index contributed by atoms with van der Waals surface area (Å²) in [5.41, 5.74) is 0. The number of ether oxygens (including phenoxy) is 2. The number of aliphatic hydroxyl groups excluding tert-OH is 2. The monoisotopic (exact) mass is 602 g/mol. The Bertz CT molecular complexity index is 915. The molecule has 1 aliphatic rings. The van der Waals surface area contributed by atoms with Crippen LogP contribution in [0.4, 0.5) is 0 Å². The molecule has 5 N–H and O–H groups in total. The third-order valence-electron chi connectivity index (χ3n) is 5.18. The van der Waals surface area contributed by atoms with Gasteiger partial charge in [0.2, 0.25) is 0 Å². The van der Waals surface area contributed by atoms with E-state index in [1.54, 1.807) is 0 Å². The highest BCUT2D eigenvalue weighted by Crippen LogP contribution is 2.37. The van der Waals surface area contributed by atoms with Crippen molar-refractivity contribution in [3.05, 3.63) is 0 Å². The maximum Gasteiger partial charge on any atom is 0.396 e. The van der Waals surface area contributed by atoms with Crippen LogP contribution in [-0.2, 0) is 46.8 Å². The molecule has 1 unspecified atom stereocenters. The van der Waals surface area contributed by atoms with E-state index in [9.17, 15) is 43.4 Å². The largest absolute Gasteiger partial charge is 0.779 e. The summed E-state index contributed by atoms with van der Waals surface area (Å²) in [5.74, 6) is -4.34. The lowest BCUT2D eigenvalue weighted by atomic mass is 9.93. The van der Waals surface area contributed by atoms with Crippen LogP contribution < -0.4 is 20.8 Å². The van der Waals surface area contributed by atoms with Crippen molar-refractivity contribution in [2.75, 3.05) is 59.5 Å². The van der Waals surface area contributed by atoms with Gasteiger partial charge in [-0.05, 0) is 25.7 Å². The minimum absolute atomic E-state index is 0.0334. The molecule has 226 valence electrons. The molecule has 18 heteroatoms. The smallest absolute Gasteiger partial charge is 0.396 e. The molecular formula is C21H38N3O13P2-. The molecular weight excluding hydrogens is 564 g/mol. The fourth-order valence-corrected chi connectivity index (χ4v) is 4.64. The van der Waals surface area contributed by atoms with E-state index in [1.165, 1.54) is 13.3 Å². The van der Waals surface area contributed by atoms with Crippen molar-refractivity contribution in [3.8, 4) is 0 Å². The van der Waals surface area contributed by atoms with Gasteiger partial charge in [-0.2, -0.15) is 0 Å². The van der Waals surface area contributed by atoms with E-state index in [1.807, 2.05) is 0 Å². The summed E-state index contributed by atoms with van der Waals surface area (Å²) < 4.78 is 42.4. The Balaban J connectivity index is 2.20. The molecule has 0 aromatic heterocycles. The lowest BCUT2D eigenvalue weighted by molar-refractivity contribution is -0.201. The van der Waals surface area contributed by atoms with Gasteiger partial charge in [-0.1, -0.05) is 0 Å². The van der Waals surface area contributed by atoms with E-state index in [2.05, 4.69) is 16.0 Å². The summed E-state index contributed by atoms with van der Waals surface area (Å²) in [6, 6.07) is -0.353. The molecule has 1 rings (SSSR count). The first kappa shape index (κ1) is 35.1. The number of hydrogen-bond acceptors (Lipinski definition) is 13. The van der Waals surface area contributed by atoms with Crippen molar-refractivity contribution >= 4 is 38.7 Å². The fourth-order valence-electron chi connectivity index (χ4n) is 3.37. The quantitative estimate of drug-likeness (QED) is 0.0540. The first-order valence-electron chi connectivity index (χ1n) is 12.2. The summed E-state index contributed by atoms with van der Waals surface area (Å²) in [5, 5.41) is 26.6. The van der Waals surface area contributed by atoms with Gasteiger partial charge in [0.25, 0.3) is 11.8 Å². The van der Waals surface area contributed by atoms with Gasteiger partial charge in [0.1, 0.15) is 14.2 Å². The highest BCUT2D eigenvalue weighted by Gasteiger charge is 2.30. The number of aliphatic hydroxyl groups is 2. The number of hydrogen-bond donors (Lipinski definition) is 5. The molecule has 0 spiro atoms. The van der Waals surface area contributed by atoms with E-state index >= 15 is 0 Å². The Hall–Kier alpha value is -1.90. The van der Waals surface area contributed by atoms with Crippen LogP contribution in [0.5, 0.6) is 0 Å². The maximum absolute atomic E-state index is 12.0. The molecule has 1 fully saturated rings. The van der Waals surface area contributed by atoms with E-state index < -0.39 is 63.6 Å². The molecule has 3 amide bonds. The van der Waals surface area contributed by atoms with Crippen molar-refractivity contribution in [1.29, 1.82) is 0 Å². The maximum atomic E-state index is 12.0. The lowest BCUT2D eigenvalue weighted by Gasteiger charge is -2.32. The Morgan fingerprint density at radius 1 is 0.872 bits per heavy atom. The number of carbonyl (C=O) groups excluding carboxylic acids is 4. The van der Waals surface area contributed by atoms with Crippen molar-refractivity contribution in [2.45, 2.75) is 50.0 Å². The summed E-state index contributed by atoms with van der Waals surface area (Å²) in [7, 11) is -6.47. The highest BCUT2D eigenvalue weighted by atomic mass is 31.2. The molecule has 0 saturated heterocycles. The molecule has 0 radical (unpaired) electrons. The fraction of sp³-hybridized carbons (Fsp3) is 0.810. The molecule has 0 bridgehead atoms. The second-order valence-electron chi connectivity index (χ2n) is 9.13. The Morgan fingerprint density at radius 3 is 1.92 bits per heavy atom. The molecule has 1 saturated carbocycles. The van der Waals surface area contributed by atoms with E-state index in [4.69, 9.17) is 18.5 Å². The molecule has 3 atom stereocenters. The number of rotatable bonds is 16. The zero-order valence-electron chi connectivity index (χ0n) is 22.2. The Kier molecular flexibility index (Phi) is 15.3. The predicted molar refractivity (Wildman–Crippen MR) is 134 cm³/mol. The predicted octanol–water partition coefficient (Wildman–Crippen LogP) is -2.32. The van der Waals surface area contributed by atoms with Crippen molar-refractivity contribution < 1.29 is 61.9 Å². The van der Waals surface area contributed by atoms with Gasteiger partial charge in [0, 0.05) is 32.6 Å². The zero-order chi connectivity index (χ0) is 29.6. The number of amides is 3. The Labute approximate surface area is 226 Å².